The smallest absolute Gasteiger partial charge is 0.0834 e. The summed E-state index contributed by atoms with van der Waals surface area (Å²) in [6, 6.07) is 0. The Balaban J connectivity index is 2.41. The van der Waals surface area contributed by atoms with Gasteiger partial charge in [-0.2, -0.15) is 0 Å². The summed E-state index contributed by atoms with van der Waals surface area (Å²) in [4.78, 5) is 0. The van der Waals surface area contributed by atoms with Crippen molar-refractivity contribution in [2.75, 3.05) is 6.61 Å². The summed E-state index contributed by atoms with van der Waals surface area (Å²) in [7, 11) is 0. The van der Waals surface area contributed by atoms with Gasteiger partial charge in [0.2, 0.25) is 0 Å². The predicted molar refractivity (Wildman–Crippen MR) is 56.9 cm³/mol. The first-order valence-corrected chi connectivity index (χ1v) is 5.58. The van der Waals surface area contributed by atoms with E-state index in [1.54, 1.807) is 0 Å². The lowest BCUT2D eigenvalue weighted by Crippen LogP contribution is -2.24. The normalized spacial score (nSPS) is 30.6. The van der Waals surface area contributed by atoms with Crippen LogP contribution >= 0.6 is 0 Å². The van der Waals surface area contributed by atoms with Gasteiger partial charge in [0.15, 0.2) is 0 Å². The number of hydrogen-bond acceptors (Lipinski definition) is 1. The molecular formula is C12H22O. The average Bonchev–Trinajstić information content (AvgIpc) is 2.31. The molecule has 0 saturated carbocycles. The van der Waals surface area contributed by atoms with Crippen molar-refractivity contribution in [3.05, 3.63) is 12.2 Å². The third-order valence-electron chi connectivity index (χ3n) is 2.68. The minimum Gasteiger partial charge on any atom is -0.371 e. The van der Waals surface area contributed by atoms with Crippen LogP contribution in [0.25, 0.3) is 0 Å². The monoisotopic (exact) mass is 182 g/mol. The van der Waals surface area contributed by atoms with Crippen molar-refractivity contribution < 1.29 is 4.74 Å². The molecule has 1 atom stereocenters. The van der Waals surface area contributed by atoms with Gasteiger partial charge in [0, 0.05) is 6.61 Å². The lowest BCUT2D eigenvalue weighted by molar-refractivity contribution is 0.0101. The van der Waals surface area contributed by atoms with Crippen molar-refractivity contribution >= 4 is 0 Å². The largest absolute Gasteiger partial charge is 0.371 e. The lowest BCUT2D eigenvalue weighted by atomic mass is 9.98. The lowest BCUT2D eigenvalue weighted by Gasteiger charge is -2.24. The predicted octanol–water partition coefficient (Wildman–Crippen LogP) is 3.69. The van der Waals surface area contributed by atoms with E-state index in [0.717, 1.165) is 6.61 Å². The first kappa shape index (κ1) is 10.8. The molecule has 1 fully saturated rings. The zero-order valence-electron chi connectivity index (χ0n) is 9.01. The van der Waals surface area contributed by atoms with Gasteiger partial charge >= 0.3 is 0 Å². The van der Waals surface area contributed by atoms with Crippen molar-refractivity contribution in [3.8, 4) is 0 Å². The van der Waals surface area contributed by atoms with Gasteiger partial charge in [0.1, 0.15) is 0 Å². The molecule has 0 bridgehead atoms. The average molecular weight is 182 g/mol. The molecule has 0 aromatic carbocycles. The summed E-state index contributed by atoms with van der Waals surface area (Å²) in [5.74, 6) is 0. The number of ether oxygens (including phenoxy) is 1. The second kappa shape index (κ2) is 5.43. The van der Waals surface area contributed by atoms with E-state index in [9.17, 15) is 0 Å². The van der Waals surface area contributed by atoms with E-state index in [1.165, 1.54) is 38.5 Å². The van der Waals surface area contributed by atoms with E-state index >= 15 is 0 Å². The van der Waals surface area contributed by atoms with Gasteiger partial charge in [-0.3, -0.25) is 0 Å². The molecular weight excluding hydrogens is 160 g/mol. The highest BCUT2D eigenvalue weighted by Gasteiger charge is 2.22. The van der Waals surface area contributed by atoms with Crippen LogP contribution in [-0.2, 0) is 4.74 Å². The molecule has 1 rings (SSSR count). The second-order valence-electron chi connectivity index (χ2n) is 4.16. The van der Waals surface area contributed by atoms with Crippen LogP contribution in [0.4, 0.5) is 0 Å². The van der Waals surface area contributed by atoms with Crippen molar-refractivity contribution in [1.82, 2.24) is 0 Å². The van der Waals surface area contributed by atoms with Crippen molar-refractivity contribution in [2.45, 2.75) is 58.0 Å². The van der Waals surface area contributed by atoms with Gasteiger partial charge in [0.25, 0.3) is 0 Å². The van der Waals surface area contributed by atoms with Crippen LogP contribution in [0.3, 0.4) is 0 Å². The summed E-state index contributed by atoms with van der Waals surface area (Å²) in [6.07, 6.45) is 12.0. The molecule has 1 heterocycles. The number of allylic oxidation sites excluding steroid dienone is 1. The molecule has 1 saturated heterocycles. The number of hydrogen-bond donors (Lipinski definition) is 0. The molecule has 1 aliphatic rings. The fraction of sp³-hybridized carbons (Fsp3) is 0.833. The molecule has 0 aromatic heterocycles. The van der Waals surface area contributed by atoms with E-state index in [4.69, 9.17) is 4.74 Å². The van der Waals surface area contributed by atoms with Crippen LogP contribution in [0.1, 0.15) is 52.4 Å². The highest BCUT2D eigenvalue weighted by Crippen LogP contribution is 2.25. The van der Waals surface area contributed by atoms with Gasteiger partial charge in [-0.1, -0.05) is 38.3 Å². The quantitative estimate of drug-likeness (QED) is 0.605. The van der Waals surface area contributed by atoms with Gasteiger partial charge in [-0.25, -0.2) is 0 Å². The van der Waals surface area contributed by atoms with Crippen LogP contribution in [0, 0.1) is 0 Å². The zero-order valence-corrected chi connectivity index (χ0v) is 9.01. The van der Waals surface area contributed by atoms with E-state index in [1.807, 2.05) is 0 Å². The second-order valence-corrected chi connectivity index (χ2v) is 4.16. The Kier molecular flexibility index (Phi) is 4.51. The topological polar surface area (TPSA) is 9.23 Å². The van der Waals surface area contributed by atoms with Crippen LogP contribution in [0.5, 0.6) is 0 Å². The summed E-state index contributed by atoms with van der Waals surface area (Å²) in [5, 5.41) is 0. The van der Waals surface area contributed by atoms with Gasteiger partial charge in [-0.15, -0.1) is 0 Å². The highest BCUT2D eigenvalue weighted by atomic mass is 16.5. The van der Waals surface area contributed by atoms with Crippen LogP contribution in [0.2, 0.25) is 0 Å². The minimum atomic E-state index is 0.0334. The third kappa shape index (κ3) is 3.95. The summed E-state index contributed by atoms with van der Waals surface area (Å²) < 4.78 is 5.85. The minimum absolute atomic E-state index is 0.0334. The highest BCUT2D eigenvalue weighted by molar-refractivity contribution is 5.00. The molecule has 1 unspecified atom stereocenters. The van der Waals surface area contributed by atoms with Crippen LogP contribution in [-0.4, -0.2) is 12.2 Å². The maximum atomic E-state index is 5.85. The summed E-state index contributed by atoms with van der Waals surface area (Å²) in [6.45, 7) is 5.36. The van der Waals surface area contributed by atoms with E-state index in [2.05, 4.69) is 26.0 Å². The fourth-order valence-corrected chi connectivity index (χ4v) is 1.76. The molecule has 0 N–H and O–H groups in total. The Morgan fingerprint density at radius 3 is 2.92 bits per heavy atom. The molecule has 13 heavy (non-hydrogen) atoms. The van der Waals surface area contributed by atoms with Gasteiger partial charge in [-0.05, 0) is 26.2 Å². The van der Waals surface area contributed by atoms with Crippen molar-refractivity contribution in [3.63, 3.8) is 0 Å². The maximum absolute atomic E-state index is 5.85. The number of unbranched alkanes of at least 4 members (excludes halogenated alkanes) is 1. The van der Waals surface area contributed by atoms with Crippen molar-refractivity contribution in [1.29, 1.82) is 0 Å². The first-order valence-electron chi connectivity index (χ1n) is 5.58. The zero-order chi connectivity index (χ0) is 9.57. The van der Waals surface area contributed by atoms with Crippen LogP contribution in [0.15, 0.2) is 12.2 Å². The molecule has 1 heteroatoms. The molecule has 0 amide bonds. The Hall–Kier alpha value is -0.300. The Labute approximate surface area is 82.2 Å². The molecule has 0 spiro atoms. The SMILES string of the molecule is CCCC=CC1(C)CCCCCO1. The Morgan fingerprint density at radius 2 is 2.15 bits per heavy atom. The molecule has 0 aromatic rings. The van der Waals surface area contributed by atoms with E-state index in [-0.39, 0.29) is 5.60 Å². The van der Waals surface area contributed by atoms with Crippen molar-refractivity contribution in [2.24, 2.45) is 0 Å². The third-order valence-corrected chi connectivity index (χ3v) is 2.68. The Bertz CT molecular complexity index is 153. The van der Waals surface area contributed by atoms with E-state index < -0.39 is 0 Å². The van der Waals surface area contributed by atoms with E-state index in [0.29, 0.717) is 0 Å². The van der Waals surface area contributed by atoms with Gasteiger partial charge in [0.05, 0.1) is 5.60 Å². The molecule has 76 valence electrons. The summed E-state index contributed by atoms with van der Waals surface area (Å²) >= 11 is 0. The Morgan fingerprint density at radius 1 is 1.31 bits per heavy atom. The first-order chi connectivity index (χ1) is 6.27. The number of rotatable bonds is 3. The van der Waals surface area contributed by atoms with Gasteiger partial charge < -0.3 is 4.74 Å². The standard InChI is InChI=1S/C12H22O/c1-3-4-6-9-12(2)10-7-5-8-11-13-12/h6,9H,3-5,7-8,10-11H2,1-2H3. The molecule has 1 nitrogen and oxygen atoms in total. The summed E-state index contributed by atoms with van der Waals surface area (Å²) in [5.41, 5.74) is 0.0334. The molecule has 0 aliphatic carbocycles. The fourth-order valence-electron chi connectivity index (χ4n) is 1.76. The molecule has 1 aliphatic heterocycles. The van der Waals surface area contributed by atoms with Crippen LogP contribution < -0.4 is 0 Å². The molecule has 0 radical (unpaired) electrons. The maximum Gasteiger partial charge on any atom is 0.0834 e.